The molecule has 5 rings (SSSR count). The Bertz CT molecular complexity index is 1090. The molecular weight excluding hydrogens is 444 g/mol. The van der Waals surface area contributed by atoms with Gasteiger partial charge in [0.05, 0.1) is 5.92 Å². The van der Waals surface area contributed by atoms with Gasteiger partial charge in [-0.25, -0.2) is 4.79 Å². The molecule has 2 atom stereocenters. The second-order valence-corrected chi connectivity index (χ2v) is 10.2. The van der Waals surface area contributed by atoms with Gasteiger partial charge in [-0.2, -0.15) is 0 Å². The molecular formula is C28H32N2O5. The Balaban J connectivity index is 1.26. The van der Waals surface area contributed by atoms with Gasteiger partial charge >= 0.3 is 12.1 Å². The Morgan fingerprint density at radius 3 is 2.20 bits per heavy atom. The number of nitrogens with zero attached hydrogens (tertiary/aromatic N) is 1. The number of carbonyl (C=O) groups excluding carboxylic acids is 2. The number of carboxylic acids is 1. The van der Waals surface area contributed by atoms with Crippen LogP contribution in [0.3, 0.4) is 0 Å². The van der Waals surface area contributed by atoms with Crippen LogP contribution in [-0.4, -0.2) is 53.2 Å². The van der Waals surface area contributed by atoms with Crippen molar-refractivity contribution in [2.75, 3.05) is 19.7 Å². The molecule has 1 aliphatic heterocycles. The summed E-state index contributed by atoms with van der Waals surface area (Å²) in [6.45, 7) is 2.86. The molecule has 2 aliphatic carbocycles. The SMILES string of the molecule is CC1CN(C(=O)C2(NC(=O)OCC3c4ccccc4-c4ccccc43)CCCC2)CCC1C(=O)O. The number of carbonyl (C=O) groups is 3. The van der Waals surface area contributed by atoms with E-state index in [1.54, 1.807) is 4.90 Å². The van der Waals surface area contributed by atoms with E-state index < -0.39 is 23.5 Å². The summed E-state index contributed by atoms with van der Waals surface area (Å²) in [6.07, 6.45) is 2.72. The van der Waals surface area contributed by atoms with Crippen molar-refractivity contribution in [3.05, 3.63) is 59.7 Å². The quantitative estimate of drug-likeness (QED) is 0.667. The molecule has 7 heteroatoms. The highest BCUT2D eigenvalue weighted by molar-refractivity contribution is 5.90. The lowest BCUT2D eigenvalue weighted by Crippen LogP contribution is -2.60. The van der Waals surface area contributed by atoms with Gasteiger partial charge in [0.25, 0.3) is 0 Å². The van der Waals surface area contributed by atoms with Crippen LogP contribution < -0.4 is 5.32 Å². The highest BCUT2D eigenvalue weighted by atomic mass is 16.5. The molecule has 35 heavy (non-hydrogen) atoms. The first-order chi connectivity index (χ1) is 16.9. The summed E-state index contributed by atoms with van der Waals surface area (Å²) in [5.74, 6) is -1.53. The maximum absolute atomic E-state index is 13.6. The topological polar surface area (TPSA) is 95.9 Å². The van der Waals surface area contributed by atoms with Crippen LogP contribution in [0.25, 0.3) is 11.1 Å². The minimum absolute atomic E-state index is 0.0423. The first kappa shape index (κ1) is 23.4. The predicted octanol–water partition coefficient (Wildman–Crippen LogP) is 4.41. The fourth-order valence-electron chi connectivity index (χ4n) is 6.20. The number of amides is 2. The average Bonchev–Trinajstić information content (AvgIpc) is 3.45. The number of benzene rings is 2. The Morgan fingerprint density at radius 1 is 1.03 bits per heavy atom. The third kappa shape index (κ3) is 4.28. The lowest BCUT2D eigenvalue weighted by atomic mass is 9.85. The fraction of sp³-hybridized carbons (Fsp3) is 0.464. The van der Waals surface area contributed by atoms with Crippen LogP contribution in [0.5, 0.6) is 0 Å². The van der Waals surface area contributed by atoms with Gasteiger partial charge in [-0.3, -0.25) is 9.59 Å². The van der Waals surface area contributed by atoms with E-state index in [4.69, 9.17) is 4.74 Å². The van der Waals surface area contributed by atoms with Crippen molar-refractivity contribution < 1.29 is 24.2 Å². The second kappa shape index (κ2) is 9.36. The molecule has 0 aromatic heterocycles. The molecule has 2 fully saturated rings. The third-order valence-electron chi connectivity index (χ3n) is 8.06. The highest BCUT2D eigenvalue weighted by Crippen LogP contribution is 2.44. The van der Waals surface area contributed by atoms with Crippen LogP contribution in [0.4, 0.5) is 4.79 Å². The number of hydrogen-bond donors (Lipinski definition) is 2. The van der Waals surface area contributed by atoms with Crippen LogP contribution in [-0.2, 0) is 14.3 Å². The van der Waals surface area contributed by atoms with Crippen molar-refractivity contribution in [2.45, 2.75) is 50.5 Å². The summed E-state index contributed by atoms with van der Waals surface area (Å²) >= 11 is 0. The van der Waals surface area contributed by atoms with Gasteiger partial charge in [0.15, 0.2) is 0 Å². The molecule has 3 aliphatic rings. The van der Waals surface area contributed by atoms with E-state index in [9.17, 15) is 19.5 Å². The van der Waals surface area contributed by atoms with Gasteiger partial charge in [0, 0.05) is 19.0 Å². The lowest BCUT2D eigenvalue weighted by Gasteiger charge is -2.40. The van der Waals surface area contributed by atoms with Crippen molar-refractivity contribution in [1.82, 2.24) is 10.2 Å². The van der Waals surface area contributed by atoms with Crippen LogP contribution in [0, 0.1) is 11.8 Å². The van der Waals surface area contributed by atoms with Crippen LogP contribution in [0.15, 0.2) is 48.5 Å². The molecule has 0 bridgehead atoms. The standard InChI is InChI=1S/C28H32N2O5/c1-18-16-30(15-12-19(18)25(31)32)26(33)28(13-6-7-14-28)29-27(34)35-17-24-22-10-4-2-8-20(22)21-9-3-5-11-23(21)24/h2-5,8-11,18-19,24H,6-7,12-17H2,1H3,(H,29,34)(H,31,32). The van der Waals surface area contributed by atoms with E-state index in [0.717, 1.165) is 24.0 Å². The molecule has 7 nitrogen and oxygen atoms in total. The Morgan fingerprint density at radius 2 is 1.63 bits per heavy atom. The number of likely N-dealkylation sites (tertiary alicyclic amines) is 1. The van der Waals surface area contributed by atoms with E-state index in [1.165, 1.54) is 11.1 Å². The minimum Gasteiger partial charge on any atom is -0.481 e. The Labute approximate surface area is 205 Å². The summed E-state index contributed by atoms with van der Waals surface area (Å²) in [6, 6.07) is 16.4. The summed E-state index contributed by atoms with van der Waals surface area (Å²) in [5, 5.41) is 12.4. The molecule has 1 heterocycles. The van der Waals surface area contributed by atoms with Crippen molar-refractivity contribution in [3.8, 4) is 11.1 Å². The average molecular weight is 477 g/mol. The van der Waals surface area contributed by atoms with E-state index >= 15 is 0 Å². The molecule has 2 aromatic carbocycles. The first-order valence-corrected chi connectivity index (χ1v) is 12.5. The number of fused-ring (bicyclic) bond motifs is 3. The number of piperidine rings is 1. The van der Waals surface area contributed by atoms with Crippen LogP contribution in [0.1, 0.15) is 56.1 Å². The van der Waals surface area contributed by atoms with E-state index in [0.29, 0.717) is 32.4 Å². The molecule has 2 amide bonds. The summed E-state index contributed by atoms with van der Waals surface area (Å²) in [7, 11) is 0. The number of carboxylic acid groups (broad SMARTS) is 1. The number of rotatable bonds is 5. The van der Waals surface area contributed by atoms with E-state index in [1.807, 2.05) is 31.2 Å². The van der Waals surface area contributed by atoms with E-state index in [2.05, 4.69) is 29.6 Å². The zero-order chi connectivity index (χ0) is 24.6. The zero-order valence-electron chi connectivity index (χ0n) is 20.0. The van der Waals surface area contributed by atoms with Gasteiger partial charge in [-0.15, -0.1) is 0 Å². The highest BCUT2D eigenvalue weighted by Gasteiger charge is 2.47. The molecule has 2 N–H and O–H groups in total. The maximum Gasteiger partial charge on any atom is 0.408 e. The third-order valence-corrected chi connectivity index (χ3v) is 8.06. The second-order valence-electron chi connectivity index (χ2n) is 10.2. The van der Waals surface area contributed by atoms with Gasteiger partial charge in [0.1, 0.15) is 12.1 Å². The van der Waals surface area contributed by atoms with Crippen molar-refractivity contribution in [2.24, 2.45) is 11.8 Å². The Kier molecular flexibility index (Phi) is 6.26. The number of nitrogens with one attached hydrogen (secondary N) is 1. The summed E-state index contributed by atoms with van der Waals surface area (Å²) in [4.78, 5) is 39.8. The van der Waals surface area contributed by atoms with Gasteiger partial charge in [-0.05, 0) is 47.4 Å². The number of ether oxygens (including phenoxy) is 1. The lowest BCUT2D eigenvalue weighted by molar-refractivity contribution is -0.150. The van der Waals surface area contributed by atoms with Crippen molar-refractivity contribution >= 4 is 18.0 Å². The molecule has 1 saturated heterocycles. The first-order valence-electron chi connectivity index (χ1n) is 12.5. The largest absolute Gasteiger partial charge is 0.481 e. The van der Waals surface area contributed by atoms with Gasteiger partial charge in [-0.1, -0.05) is 68.3 Å². The molecule has 0 radical (unpaired) electrons. The monoisotopic (exact) mass is 476 g/mol. The number of alkyl carbamates (subject to hydrolysis) is 1. The fourth-order valence-corrected chi connectivity index (χ4v) is 6.20. The molecule has 2 unspecified atom stereocenters. The minimum atomic E-state index is -0.974. The smallest absolute Gasteiger partial charge is 0.408 e. The summed E-state index contributed by atoms with van der Waals surface area (Å²) in [5.41, 5.74) is 3.64. The maximum atomic E-state index is 13.6. The van der Waals surface area contributed by atoms with Crippen LogP contribution >= 0.6 is 0 Å². The zero-order valence-corrected chi connectivity index (χ0v) is 20.0. The van der Waals surface area contributed by atoms with Gasteiger partial charge < -0.3 is 20.1 Å². The molecule has 1 saturated carbocycles. The molecule has 0 spiro atoms. The Hall–Kier alpha value is -3.35. The van der Waals surface area contributed by atoms with Crippen molar-refractivity contribution in [1.29, 1.82) is 0 Å². The summed E-state index contributed by atoms with van der Waals surface area (Å²) < 4.78 is 5.74. The molecule has 2 aromatic rings. The number of hydrogen-bond acceptors (Lipinski definition) is 4. The normalized spacial score (nSPS) is 22.8. The predicted molar refractivity (Wildman–Crippen MR) is 131 cm³/mol. The number of aliphatic carboxylic acids is 1. The van der Waals surface area contributed by atoms with Gasteiger partial charge in [0.2, 0.25) is 5.91 Å². The molecule has 184 valence electrons. The van der Waals surface area contributed by atoms with Crippen LogP contribution in [0.2, 0.25) is 0 Å². The van der Waals surface area contributed by atoms with Crippen molar-refractivity contribution in [3.63, 3.8) is 0 Å². The van der Waals surface area contributed by atoms with E-state index in [-0.39, 0.29) is 24.3 Å².